The van der Waals surface area contributed by atoms with E-state index >= 15 is 0 Å². The van der Waals surface area contributed by atoms with Crippen LogP contribution in [0.4, 0.5) is 15.8 Å². The number of piperidine rings is 1. The Hall–Kier alpha value is -2.01. The van der Waals surface area contributed by atoms with Gasteiger partial charge in [-0.15, -0.1) is 0 Å². The number of benzene rings is 1. The molecule has 2 atom stereocenters. The molecular formula is C22H26FN3S. The molecule has 2 heterocycles. The van der Waals surface area contributed by atoms with Crippen molar-refractivity contribution in [3.05, 3.63) is 53.9 Å². The van der Waals surface area contributed by atoms with Gasteiger partial charge in [0.25, 0.3) is 0 Å². The van der Waals surface area contributed by atoms with E-state index in [0.717, 1.165) is 41.9 Å². The van der Waals surface area contributed by atoms with Gasteiger partial charge in [-0.05, 0) is 54.5 Å². The number of fused-ring (bicyclic) bond motifs is 1. The average molecular weight is 384 g/mol. The Morgan fingerprint density at radius 3 is 2.67 bits per heavy atom. The highest BCUT2D eigenvalue weighted by Gasteiger charge is 2.31. The summed E-state index contributed by atoms with van der Waals surface area (Å²) in [7, 11) is 0. The van der Waals surface area contributed by atoms with Crippen LogP contribution in [0.3, 0.4) is 0 Å². The Morgan fingerprint density at radius 1 is 1.11 bits per heavy atom. The fraction of sp³-hybridized carbons (Fsp3) is 0.455. The molecule has 2 aliphatic rings. The number of thiocarbonyl (C=S) groups is 1. The van der Waals surface area contributed by atoms with Gasteiger partial charge in [0.15, 0.2) is 0 Å². The van der Waals surface area contributed by atoms with Crippen LogP contribution in [-0.4, -0.2) is 23.1 Å². The molecule has 0 bridgehead atoms. The Balaban J connectivity index is 1.58. The van der Waals surface area contributed by atoms with Gasteiger partial charge in [-0.1, -0.05) is 37.5 Å². The van der Waals surface area contributed by atoms with Crippen molar-refractivity contribution >= 4 is 28.6 Å². The van der Waals surface area contributed by atoms with Gasteiger partial charge in [-0.3, -0.25) is 4.98 Å². The van der Waals surface area contributed by atoms with Crippen molar-refractivity contribution in [2.45, 2.75) is 38.8 Å². The Bertz CT molecular complexity index is 795. The molecule has 142 valence electrons. The van der Waals surface area contributed by atoms with E-state index < -0.39 is 6.67 Å². The van der Waals surface area contributed by atoms with Gasteiger partial charge in [0.05, 0.1) is 11.4 Å². The van der Waals surface area contributed by atoms with Gasteiger partial charge in [-0.2, -0.15) is 0 Å². The second-order valence-corrected chi connectivity index (χ2v) is 8.12. The van der Waals surface area contributed by atoms with Crippen LogP contribution in [-0.2, 0) is 6.67 Å². The van der Waals surface area contributed by atoms with Crippen LogP contribution in [0.1, 0.15) is 43.2 Å². The fourth-order valence-electron chi connectivity index (χ4n) is 4.56. The lowest BCUT2D eigenvalue weighted by Crippen LogP contribution is -2.42. The molecule has 1 saturated heterocycles. The monoisotopic (exact) mass is 383 g/mol. The van der Waals surface area contributed by atoms with Crippen LogP contribution >= 0.6 is 12.2 Å². The van der Waals surface area contributed by atoms with E-state index in [4.69, 9.17) is 12.2 Å². The smallest absolute Gasteiger partial charge is 0.115 e. The first-order valence-electron chi connectivity index (χ1n) is 9.90. The zero-order valence-corrected chi connectivity index (χ0v) is 16.4. The number of rotatable bonds is 4. The lowest BCUT2D eigenvalue weighted by Gasteiger charge is -2.43. The van der Waals surface area contributed by atoms with E-state index in [2.05, 4.69) is 21.3 Å². The van der Waals surface area contributed by atoms with Gasteiger partial charge in [0, 0.05) is 31.0 Å². The topological polar surface area (TPSA) is 28.2 Å². The molecule has 1 saturated carbocycles. The quantitative estimate of drug-likeness (QED) is 0.720. The maximum absolute atomic E-state index is 13.3. The largest absolute Gasteiger partial charge is 0.370 e. The van der Waals surface area contributed by atoms with Gasteiger partial charge >= 0.3 is 0 Å². The van der Waals surface area contributed by atoms with Crippen LogP contribution in [0.15, 0.2) is 42.7 Å². The minimum atomic E-state index is -0.471. The molecule has 1 aromatic carbocycles. The predicted octanol–water partition coefficient (Wildman–Crippen LogP) is 5.36. The number of nitrogens with zero attached hydrogens (tertiary/aromatic N) is 2. The van der Waals surface area contributed by atoms with E-state index in [9.17, 15) is 4.39 Å². The minimum absolute atomic E-state index is 0.471. The molecule has 2 fully saturated rings. The first-order valence-corrected chi connectivity index (χ1v) is 10.3. The first-order chi connectivity index (χ1) is 13.2. The Morgan fingerprint density at radius 2 is 1.89 bits per heavy atom. The minimum Gasteiger partial charge on any atom is -0.370 e. The summed E-state index contributed by atoms with van der Waals surface area (Å²) in [5.74, 6) is 1.67. The Labute approximate surface area is 166 Å². The first kappa shape index (κ1) is 18.4. The summed E-state index contributed by atoms with van der Waals surface area (Å²) in [6, 6.07) is 9.62. The van der Waals surface area contributed by atoms with Crippen LogP contribution in [0.25, 0.3) is 0 Å². The summed E-state index contributed by atoms with van der Waals surface area (Å²) < 4.78 is 13.3. The van der Waals surface area contributed by atoms with Gasteiger partial charge in [-0.25, -0.2) is 4.39 Å². The third kappa shape index (κ3) is 4.13. The third-order valence-electron chi connectivity index (χ3n) is 6.04. The molecule has 1 aromatic heterocycles. The second kappa shape index (κ2) is 8.34. The zero-order valence-electron chi connectivity index (χ0n) is 15.5. The van der Waals surface area contributed by atoms with E-state index in [0.29, 0.717) is 10.6 Å². The molecular weight excluding hydrogens is 357 g/mol. The summed E-state index contributed by atoms with van der Waals surface area (Å²) in [5.41, 5.74) is 3.63. The summed E-state index contributed by atoms with van der Waals surface area (Å²) in [4.78, 5) is 7.15. The van der Waals surface area contributed by atoms with Crippen molar-refractivity contribution in [2.75, 3.05) is 23.3 Å². The molecule has 27 heavy (non-hydrogen) atoms. The van der Waals surface area contributed by atoms with Crippen LogP contribution in [0.5, 0.6) is 0 Å². The highest BCUT2D eigenvalue weighted by molar-refractivity contribution is 7.81. The summed E-state index contributed by atoms with van der Waals surface area (Å²) in [6.45, 7) is 1.69. The number of anilines is 2. The Kier molecular flexibility index (Phi) is 5.67. The standard InChI is InChI=1S/C22H26FN3S/c23-14-16-5-6-21(26-12-9-17-3-1-2-4-19(17)15-26)20(13-16)25-22(27)18-7-10-24-11-8-18/h5-8,10-11,13,17,19H,1-4,9,12,14-15H2,(H,25,27)/t17-,19-/m1/s1. The number of pyridine rings is 1. The van der Waals surface area contributed by atoms with Crippen LogP contribution in [0.2, 0.25) is 0 Å². The number of halogens is 1. The zero-order chi connectivity index (χ0) is 18.6. The van der Waals surface area contributed by atoms with Crippen molar-refractivity contribution in [1.29, 1.82) is 0 Å². The summed E-state index contributed by atoms with van der Waals surface area (Å²) >= 11 is 5.58. The van der Waals surface area contributed by atoms with Gasteiger partial charge in [0.2, 0.25) is 0 Å². The maximum Gasteiger partial charge on any atom is 0.115 e. The molecule has 5 heteroatoms. The lowest BCUT2D eigenvalue weighted by atomic mass is 9.75. The lowest BCUT2D eigenvalue weighted by molar-refractivity contribution is 0.202. The van der Waals surface area contributed by atoms with Crippen molar-refractivity contribution in [2.24, 2.45) is 11.8 Å². The van der Waals surface area contributed by atoms with Crippen molar-refractivity contribution in [3.63, 3.8) is 0 Å². The van der Waals surface area contributed by atoms with Gasteiger partial charge < -0.3 is 10.2 Å². The van der Waals surface area contributed by atoms with E-state index in [1.165, 1.54) is 32.1 Å². The molecule has 3 nitrogen and oxygen atoms in total. The van der Waals surface area contributed by atoms with Crippen molar-refractivity contribution in [1.82, 2.24) is 4.98 Å². The molecule has 4 rings (SSSR count). The molecule has 0 unspecified atom stereocenters. The summed E-state index contributed by atoms with van der Waals surface area (Å²) in [6.07, 6.45) is 10.2. The molecule has 1 aliphatic heterocycles. The van der Waals surface area contributed by atoms with Crippen molar-refractivity contribution in [3.8, 4) is 0 Å². The number of hydrogen-bond acceptors (Lipinski definition) is 3. The molecule has 0 amide bonds. The average Bonchev–Trinajstić information content (AvgIpc) is 2.74. The molecule has 1 N–H and O–H groups in total. The molecule has 0 radical (unpaired) electrons. The number of hydrogen-bond donors (Lipinski definition) is 1. The van der Waals surface area contributed by atoms with E-state index in [1.807, 2.05) is 24.3 Å². The van der Waals surface area contributed by atoms with E-state index in [-0.39, 0.29) is 0 Å². The highest BCUT2D eigenvalue weighted by Crippen LogP contribution is 2.39. The van der Waals surface area contributed by atoms with Crippen LogP contribution < -0.4 is 10.2 Å². The normalized spacial score (nSPS) is 22.2. The third-order valence-corrected chi connectivity index (χ3v) is 6.38. The molecule has 2 aromatic rings. The van der Waals surface area contributed by atoms with Gasteiger partial charge in [0.1, 0.15) is 11.7 Å². The molecule has 0 spiro atoms. The fourth-order valence-corrected chi connectivity index (χ4v) is 4.81. The van der Waals surface area contributed by atoms with Crippen molar-refractivity contribution < 1.29 is 4.39 Å². The SMILES string of the molecule is FCc1ccc(N2CC[C@H]3CCCC[C@@H]3C2)c(NC(=S)c2ccncc2)c1. The van der Waals surface area contributed by atoms with E-state index in [1.54, 1.807) is 12.4 Å². The summed E-state index contributed by atoms with van der Waals surface area (Å²) in [5, 5.41) is 3.37. The second-order valence-electron chi connectivity index (χ2n) is 7.71. The molecule has 1 aliphatic carbocycles. The number of alkyl halides is 1. The van der Waals surface area contributed by atoms with Crippen LogP contribution in [0, 0.1) is 11.8 Å². The maximum atomic E-state index is 13.3. The predicted molar refractivity (Wildman–Crippen MR) is 113 cm³/mol. The number of nitrogens with one attached hydrogen (secondary N) is 1. The number of aromatic nitrogens is 1. The highest BCUT2D eigenvalue weighted by atomic mass is 32.1.